The summed E-state index contributed by atoms with van der Waals surface area (Å²) in [6.07, 6.45) is 7.08. The maximum atomic E-state index is 5.36. The molecule has 0 saturated heterocycles. The Kier molecular flexibility index (Phi) is 6.76. The smallest absolute Gasteiger partial charge is 0.138 e. The molecule has 1 aliphatic carbocycles. The van der Waals surface area contributed by atoms with Crippen LogP contribution in [-0.4, -0.2) is 15.6 Å². The summed E-state index contributed by atoms with van der Waals surface area (Å²) < 4.78 is 2.36. The molecule has 2 aliphatic rings. The molecule has 0 radical (unpaired) electrons. The molecule has 10 rings (SSSR count). The first-order chi connectivity index (χ1) is 24.8. The zero-order valence-electron chi connectivity index (χ0n) is 27.7. The average molecular weight is 642 g/mol. The summed E-state index contributed by atoms with van der Waals surface area (Å²) in [6, 6.07) is 59.7. The standard InChI is InChI=1S/C47H35N3/c1-4-15-32(16-5-1)35-29-41(33-17-6-2-7-18-33)48-46(31-35)50-43-25-13-11-22-40(43)47-37(23-14-26-44(47)50)34-27-28-39-38-21-10-12-24-42(38)49(45(39)30-34)36-19-8-3-9-20-36/h1-11,13-23,25-31,38,42H,12,24H2. The normalized spacial score (nSPS) is 16.5. The summed E-state index contributed by atoms with van der Waals surface area (Å²) >= 11 is 0. The highest BCUT2D eigenvalue weighted by molar-refractivity contribution is 6.16. The van der Waals surface area contributed by atoms with E-state index in [1.54, 1.807) is 0 Å². The number of para-hydroxylation sites is 2. The van der Waals surface area contributed by atoms with Gasteiger partial charge in [-0.3, -0.25) is 4.57 Å². The summed E-state index contributed by atoms with van der Waals surface area (Å²) in [6.45, 7) is 0. The first-order valence-corrected chi connectivity index (χ1v) is 17.6. The van der Waals surface area contributed by atoms with Gasteiger partial charge in [0.05, 0.1) is 16.7 Å². The maximum Gasteiger partial charge on any atom is 0.138 e. The summed E-state index contributed by atoms with van der Waals surface area (Å²) in [4.78, 5) is 7.95. The summed E-state index contributed by atoms with van der Waals surface area (Å²) in [5.41, 5.74) is 13.2. The van der Waals surface area contributed by atoms with E-state index in [0.29, 0.717) is 12.0 Å². The maximum absolute atomic E-state index is 5.36. The Labute approximate surface area is 292 Å². The number of fused-ring (bicyclic) bond motifs is 6. The van der Waals surface area contributed by atoms with Gasteiger partial charge in [-0.2, -0.15) is 0 Å². The summed E-state index contributed by atoms with van der Waals surface area (Å²) in [5, 5.41) is 2.47. The molecule has 6 aromatic carbocycles. The van der Waals surface area contributed by atoms with Gasteiger partial charge < -0.3 is 4.90 Å². The number of hydrogen-bond donors (Lipinski definition) is 0. The van der Waals surface area contributed by atoms with E-state index < -0.39 is 0 Å². The number of pyridine rings is 1. The number of aromatic nitrogens is 2. The summed E-state index contributed by atoms with van der Waals surface area (Å²) in [5.74, 6) is 1.32. The molecule has 3 nitrogen and oxygen atoms in total. The molecule has 0 N–H and O–H groups in total. The minimum atomic E-state index is 0.410. The van der Waals surface area contributed by atoms with E-state index in [0.717, 1.165) is 46.5 Å². The van der Waals surface area contributed by atoms with Crippen molar-refractivity contribution in [2.45, 2.75) is 24.8 Å². The fourth-order valence-corrected chi connectivity index (χ4v) is 8.41. The van der Waals surface area contributed by atoms with Gasteiger partial charge in [0, 0.05) is 39.7 Å². The van der Waals surface area contributed by atoms with Crippen LogP contribution in [0.2, 0.25) is 0 Å². The van der Waals surface area contributed by atoms with Crippen molar-refractivity contribution in [2.24, 2.45) is 0 Å². The van der Waals surface area contributed by atoms with E-state index in [1.807, 2.05) is 0 Å². The quantitative estimate of drug-likeness (QED) is 0.174. The van der Waals surface area contributed by atoms with Gasteiger partial charge in [0.15, 0.2) is 0 Å². The van der Waals surface area contributed by atoms with Crippen molar-refractivity contribution in [2.75, 3.05) is 4.90 Å². The molecule has 2 aromatic heterocycles. The zero-order chi connectivity index (χ0) is 33.0. The van der Waals surface area contributed by atoms with Crippen LogP contribution >= 0.6 is 0 Å². The number of anilines is 2. The Morgan fingerprint density at radius 3 is 2.10 bits per heavy atom. The van der Waals surface area contributed by atoms with Crippen LogP contribution in [0.15, 0.2) is 176 Å². The van der Waals surface area contributed by atoms with Crippen LogP contribution in [0.3, 0.4) is 0 Å². The van der Waals surface area contributed by atoms with Crippen LogP contribution in [0.5, 0.6) is 0 Å². The second-order valence-electron chi connectivity index (χ2n) is 13.5. The van der Waals surface area contributed by atoms with Gasteiger partial charge in [-0.15, -0.1) is 0 Å². The first-order valence-electron chi connectivity index (χ1n) is 17.6. The molecule has 0 saturated carbocycles. The summed E-state index contributed by atoms with van der Waals surface area (Å²) in [7, 11) is 0. The van der Waals surface area contributed by atoms with Gasteiger partial charge in [-0.05, 0) is 83.1 Å². The van der Waals surface area contributed by atoms with Crippen molar-refractivity contribution in [3.63, 3.8) is 0 Å². The third-order valence-electron chi connectivity index (χ3n) is 10.6. The lowest BCUT2D eigenvalue weighted by Crippen LogP contribution is -2.30. The lowest BCUT2D eigenvalue weighted by Gasteiger charge is -2.31. The topological polar surface area (TPSA) is 21.1 Å². The Balaban J connectivity index is 1.20. The predicted molar refractivity (Wildman–Crippen MR) is 208 cm³/mol. The van der Waals surface area contributed by atoms with Crippen LogP contribution in [0, 0.1) is 0 Å². The number of nitrogens with zero attached hydrogens (tertiary/aromatic N) is 3. The van der Waals surface area contributed by atoms with E-state index in [1.165, 1.54) is 44.4 Å². The highest BCUT2D eigenvalue weighted by Gasteiger charge is 2.39. The van der Waals surface area contributed by atoms with Gasteiger partial charge in [0.2, 0.25) is 0 Å². The number of benzene rings is 6. The molecule has 0 spiro atoms. The van der Waals surface area contributed by atoms with Gasteiger partial charge in [0.1, 0.15) is 5.82 Å². The van der Waals surface area contributed by atoms with Gasteiger partial charge in [0.25, 0.3) is 0 Å². The Morgan fingerprint density at radius 1 is 0.560 bits per heavy atom. The molecular weight excluding hydrogens is 607 g/mol. The van der Waals surface area contributed by atoms with Gasteiger partial charge in [-0.1, -0.05) is 133 Å². The average Bonchev–Trinajstić information content (AvgIpc) is 3.71. The lowest BCUT2D eigenvalue weighted by molar-refractivity contribution is 0.565. The molecule has 50 heavy (non-hydrogen) atoms. The number of allylic oxidation sites excluding steroid dienone is 1. The van der Waals surface area contributed by atoms with Crippen molar-refractivity contribution in [1.29, 1.82) is 0 Å². The SMILES string of the molecule is C1=CC2c3ccc(-c4cccc5c4c4ccccc4n5-c4cc(-c5ccccc5)cc(-c5ccccc5)n4)cc3N(c3ccccc3)C2CC1. The molecule has 1 aliphatic heterocycles. The van der Waals surface area contributed by atoms with Crippen LogP contribution in [0.25, 0.3) is 61.1 Å². The zero-order valence-corrected chi connectivity index (χ0v) is 27.7. The van der Waals surface area contributed by atoms with E-state index in [2.05, 4.69) is 185 Å². The molecule has 3 heterocycles. The number of rotatable bonds is 5. The predicted octanol–water partition coefficient (Wildman–Crippen LogP) is 12.1. The van der Waals surface area contributed by atoms with Crippen LogP contribution < -0.4 is 4.90 Å². The Hall–Kier alpha value is -6.19. The van der Waals surface area contributed by atoms with Crippen molar-refractivity contribution in [3.05, 3.63) is 182 Å². The molecule has 238 valence electrons. The fourth-order valence-electron chi connectivity index (χ4n) is 8.41. The third kappa shape index (κ3) is 4.62. The van der Waals surface area contributed by atoms with Gasteiger partial charge in [-0.25, -0.2) is 4.98 Å². The van der Waals surface area contributed by atoms with Crippen LogP contribution in [0.4, 0.5) is 11.4 Å². The van der Waals surface area contributed by atoms with Crippen LogP contribution in [-0.2, 0) is 0 Å². The molecular formula is C47H35N3. The highest BCUT2D eigenvalue weighted by Crippen LogP contribution is 2.51. The van der Waals surface area contributed by atoms with Crippen molar-refractivity contribution < 1.29 is 0 Å². The first kappa shape index (κ1) is 28.8. The fraction of sp³-hybridized carbons (Fsp3) is 0.0851. The van der Waals surface area contributed by atoms with E-state index >= 15 is 0 Å². The van der Waals surface area contributed by atoms with E-state index in [9.17, 15) is 0 Å². The van der Waals surface area contributed by atoms with Crippen molar-refractivity contribution in [3.8, 4) is 39.3 Å². The minimum Gasteiger partial charge on any atom is -0.337 e. The second-order valence-corrected chi connectivity index (χ2v) is 13.5. The van der Waals surface area contributed by atoms with Crippen molar-refractivity contribution >= 4 is 33.2 Å². The highest BCUT2D eigenvalue weighted by atomic mass is 15.2. The molecule has 2 atom stereocenters. The van der Waals surface area contributed by atoms with Crippen molar-refractivity contribution in [1.82, 2.24) is 9.55 Å². The Morgan fingerprint density at radius 2 is 1.28 bits per heavy atom. The monoisotopic (exact) mass is 641 g/mol. The third-order valence-corrected chi connectivity index (χ3v) is 10.6. The lowest BCUT2D eigenvalue weighted by atomic mass is 9.87. The molecule has 3 heteroatoms. The molecule has 0 fully saturated rings. The molecule has 0 bridgehead atoms. The van der Waals surface area contributed by atoms with Crippen LogP contribution in [0.1, 0.15) is 24.3 Å². The molecule has 8 aromatic rings. The largest absolute Gasteiger partial charge is 0.337 e. The van der Waals surface area contributed by atoms with Gasteiger partial charge >= 0.3 is 0 Å². The molecule has 0 amide bonds. The minimum absolute atomic E-state index is 0.410. The van der Waals surface area contributed by atoms with E-state index in [-0.39, 0.29) is 0 Å². The Bertz CT molecular complexity index is 2490. The van der Waals surface area contributed by atoms with E-state index in [4.69, 9.17) is 4.98 Å². The molecule has 2 unspecified atom stereocenters. The second kappa shape index (κ2) is 11.7. The number of hydrogen-bond acceptors (Lipinski definition) is 2.